The molecule has 104 valence electrons. The Morgan fingerprint density at radius 3 is 2.63 bits per heavy atom. The Morgan fingerprint density at radius 2 is 1.95 bits per heavy atom. The third kappa shape index (κ3) is 4.36. The molecule has 0 radical (unpaired) electrons. The Kier molecular flexibility index (Phi) is 5.46. The van der Waals surface area contributed by atoms with E-state index < -0.39 is 0 Å². The van der Waals surface area contributed by atoms with Crippen molar-refractivity contribution in [1.82, 2.24) is 10.6 Å². The van der Waals surface area contributed by atoms with Crippen molar-refractivity contribution < 1.29 is 0 Å². The highest BCUT2D eigenvalue weighted by Gasteiger charge is 2.15. The summed E-state index contributed by atoms with van der Waals surface area (Å²) in [5.74, 6) is 0. The van der Waals surface area contributed by atoms with Gasteiger partial charge in [0.2, 0.25) is 0 Å². The number of thiocarbonyl (C=S) groups is 1. The summed E-state index contributed by atoms with van der Waals surface area (Å²) in [4.78, 5) is 0. The first-order valence-electron chi connectivity index (χ1n) is 6.98. The molecule has 0 spiro atoms. The van der Waals surface area contributed by atoms with E-state index in [1.165, 1.54) is 32.1 Å². The van der Waals surface area contributed by atoms with Crippen LogP contribution < -0.4 is 10.6 Å². The van der Waals surface area contributed by atoms with Gasteiger partial charge in [-0.05, 0) is 43.6 Å². The van der Waals surface area contributed by atoms with Crippen LogP contribution in [0.25, 0.3) is 0 Å². The lowest BCUT2D eigenvalue weighted by Crippen LogP contribution is -2.43. The lowest BCUT2D eigenvalue weighted by molar-refractivity contribution is 0.411. The van der Waals surface area contributed by atoms with E-state index in [9.17, 15) is 0 Å². The topological polar surface area (TPSA) is 24.1 Å². The molecule has 1 fully saturated rings. The van der Waals surface area contributed by atoms with Crippen LogP contribution in [0.3, 0.4) is 0 Å². The van der Waals surface area contributed by atoms with Crippen LogP contribution in [0.5, 0.6) is 0 Å². The number of halogens is 1. The summed E-state index contributed by atoms with van der Waals surface area (Å²) in [7, 11) is 0. The van der Waals surface area contributed by atoms with Crippen molar-refractivity contribution in [3.05, 3.63) is 34.9 Å². The van der Waals surface area contributed by atoms with Gasteiger partial charge >= 0.3 is 0 Å². The van der Waals surface area contributed by atoms with Crippen LogP contribution in [0.2, 0.25) is 5.02 Å². The highest BCUT2D eigenvalue weighted by atomic mass is 35.5. The maximum absolute atomic E-state index is 6.19. The van der Waals surface area contributed by atoms with Gasteiger partial charge in [-0.25, -0.2) is 0 Å². The highest BCUT2D eigenvalue weighted by molar-refractivity contribution is 7.80. The van der Waals surface area contributed by atoms with Crippen LogP contribution in [0.4, 0.5) is 0 Å². The van der Waals surface area contributed by atoms with E-state index in [0.717, 1.165) is 15.7 Å². The Balaban J connectivity index is 1.86. The Hall–Kier alpha value is -0.800. The van der Waals surface area contributed by atoms with Crippen molar-refractivity contribution >= 4 is 28.9 Å². The molecule has 2 nitrogen and oxygen atoms in total. The largest absolute Gasteiger partial charge is 0.360 e. The Bertz CT molecular complexity index is 430. The van der Waals surface area contributed by atoms with E-state index in [-0.39, 0.29) is 6.04 Å². The van der Waals surface area contributed by atoms with Gasteiger partial charge in [-0.15, -0.1) is 0 Å². The molecule has 1 aliphatic carbocycles. The van der Waals surface area contributed by atoms with E-state index in [1.54, 1.807) is 0 Å². The maximum atomic E-state index is 6.19. The normalized spacial score (nSPS) is 17.8. The molecule has 1 aliphatic rings. The van der Waals surface area contributed by atoms with Crippen LogP contribution >= 0.6 is 23.8 Å². The quantitative estimate of drug-likeness (QED) is 0.818. The van der Waals surface area contributed by atoms with Crippen molar-refractivity contribution in [1.29, 1.82) is 0 Å². The van der Waals surface area contributed by atoms with Crippen molar-refractivity contribution in [2.45, 2.75) is 51.1 Å². The molecular formula is C15H21ClN2S. The molecule has 0 heterocycles. The van der Waals surface area contributed by atoms with Gasteiger partial charge in [-0.3, -0.25) is 0 Å². The lowest BCUT2D eigenvalue weighted by atomic mass is 9.96. The molecule has 2 rings (SSSR count). The van der Waals surface area contributed by atoms with Crippen molar-refractivity contribution in [2.24, 2.45) is 0 Å². The first kappa shape index (κ1) is 14.6. The molecule has 4 heteroatoms. The van der Waals surface area contributed by atoms with Crippen LogP contribution in [0.15, 0.2) is 24.3 Å². The minimum Gasteiger partial charge on any atom is -0.360 e. The Morgan fingerprint density at radius 1 is 1.26 bits per heavy atom. The van der Waals surface area contributed by atoms with E-state index >= 15 is 0 Å². The molecule has 0 aromatic heterocycles. The van der Waals surface area contributed by atoms with Gasteiger partial charge in [0.05, 0.1) is 6.04 Å². The first-order chi connectivity index (χ1) is 9.16. The second kappa shape index (κ2) is 7.11. The minimum absolute atomic E-state index is 0.122. The zero-order valence-electron chi connectivity index (χ0n) is 11.3. The minimum atomic E-state index is 0.122. The smallest absolute Gasteiger partial charge is 0.166 e. The number of hydrogen-bond donors (Lipinski definition) is 2. The molecule has 0 saturated heterocycles. The second-order valence-electron chi connectivity index (χ2n) is 5.20. The zero-order chi connectivity index (χ0) is 13.7. The van der Waals surface area contributed by atoms with Gasteiger partial charge < -0.3 is 10.6 Å². The van der Waals surface area contributed by atoms with Crippen LogP contribution in [-0.2, 0) is 0 Å². The van der Waals surface area contributed by atoms with Gasteiger partial charge in [0.1, 0.15) is 0 Å². The number of nitrogens with one attached hydrogen (secondary N) is 2. The average molecular weight is 297 g/mol. The molecule has 0 aliphatic heterocycles. The van der Waals surface area contributed by atoms with E-state index in [4.69, 9.17) is 23.8 Å². The summed E-state index contributed by atoms with van der Waals surface area (Å²) in [6.45, 7) is 2.08. The fourth-order valence-electron chi connectivity index (χ4n) is 2.57. The molecule has 0 amide bonds. The maximum Gasteiger partial charge on any atom is 0.166 e. The third-order valence-corrected chi connectivity index (χ3v) is 4.24. The number of benzene rings is 1. The summed E-state index contributed by atoms with van der Waals surface area (Å²) < 4.78 is 0. The summed E-state index contributed by atoms with van der Waals surface area (Å²) in [5, 5.41) is 8.25. The third-order valence-electron chi connectivity index (χ3n) is 3.66. The van der Waals surface area contributed by atoms with E-state index in [2.05, 4.69) is 17.6 Å². The van der Waals surface area contributed by atoms with Gasteiger partial charge in [0.25, 0.3) is 0 Å². The highest BCUT2D eigenvalue weighted by Crippen LogP contribution is 2.22. The van der Waals surface area contributed by atoms with Crippen LogP contribution in [0, 0.1) is 0 Å². The SMILES string of the molecule is CC(NC(=S)NC1CCCCC1)c1ccccc1Cl. The van der Waals surface area contributed by atoms with Gasteiger partial charge in [0.15, 0.2) is 5.11 Å². The van der Waals surface area contributed by atoms with Crippen molar-refractivity contribution in [2.75, 3.05) is 0 Å². The molecule has 1 aromatic rings. The summed E-state index contributed by atoms with van der Waals surface area (Å²) in [6, 6.07) is 8.54. The molecule has 1 unspecified atom stereocenters. The molecule has 1 saturated carbocycles. The van der Waals surface area contributed by atoms with E-state index in [0.29, 0.717) is 6.04 Å². The number of hydrogen-bond acceptors (Lipinski definition) is 1. The van der Waals surface area contributed by atoms with E-state index in [1.807, 2.05) is 24.3 Å². The van der Waals surface area contributed by atoms with Gasteiger partial charge in [-0.1, -0.05) is 49.1 Å². The zero-order valence-corrected chi connectivity index (χ0v) is 12.9. The fraction of sp³-hybridized carbons (Fsp3) is 0.533. The summed E-state index contributed by atoms with van der Waals surface area (Å²) in [5.41, 5.74) is 1.08. The average Bonchev–Trinajstić information content (AvgIpc) is 2.40. The fourth-order valence-corrected chi connectivity index (χ4v) is 3.22. The molecule has 2 N–H and O–H groups in total. The molecule has 0 bridgehead atoms. The van der Waals surface area contributed by atoms with Crippen LogP contribution in [0.1, 0.15) is 50.6 Å². The molecule has 1 atom stereocenters. The van der Waals surface area contributed by atoms with Gasteiger partial charge in [-0.2, -0.15) is 0 Å². The Labute approximate surface area is 125 Å². The monoisotopic (exact) mass is 296 g/mol. The summed E-state index contributed by atoms with van der Waals surface area (Å²) in [6.07, 6.45) is 6.42. The van der Waals surface area contributed by atoms with Crippen molar-refractivity contribution in [3.63, 3.8) is 0 Å². The molecule has 19 heavy (non-hydrogen) atoms. The van der Waals surface area contributed by atoms with Crippen LogP contribution in [-0.4, -0.2) is 11.2 Å². The summed E-state index contributed by atoms with van der Waals surface area (Å²) >= 11 is 11.6. The van der Waals surface area contributed by atoms with Gasteiger partial charge in [0, 0.05) is 11.1 Å². The standard InChI is InChI=1S/C15H21ClN2S/c1-11(13-9-5-6-10-14(13)16)17-15(19)18-12-7-3-2-4-8-12/h5-6,9-12H,2-4,7-8H2,1H3,(H2,17,18,19). The predicted octanol–water partition coefficient (Wildman–Crippen LogP) is 4.20. The second-order valence-corrected chi connectivity index (χ2v) is 6.01. The first-order valence-corrected chi connectivity index (χ1v) is 7.77. The number of rotatable bonds is 3. The predicted molar refractivity (Wildman–Crippen MR) is 85.6 cm³/mol. The molecule has 1 aromatic carbocycles. The lowest BCUT2D eigenvalue weighted by Gasteiger charge is -2.26. The molecular weight excluding hydrogens is 276 g/mol. The van der Waals surface area contributed by atoms with Crippen molar-refractivity contribution in [3.8, 4) is 0 Å².